The van der Waals surface area contributed by atoms with Crippen LogP contribution < -0.4 is 5.73 Å². The highest BCUT2D eigenvalue weighted by Crippen LogP contribution is 2.31. The highest BCUT2D eigenvalue weighted by molar-refractivity contribution is 7.07. The van der Waals surface area contributed by atoms with Crippen LogP contribution in [0.25, 0.3) is 0 Å². The molecule has 1 aliphatic carbocycles. The van der Waals surface area contributed by atoms with E-state index in [0.29, 0.717) is 6.04 Å². The first-order valence-electron chi connectivity index (χ1n) is 6.78. The maximum atomic E-state index is 6.20. The van der Waals surface area contributed by atoms with Crippen molar-refractivity contribution in [2.45, 2.75) is 31.7 Å². The molecule has 0 amide bonds. The Labute approximate surface area is 108 Å². The molecule has 17 heavy (non-hydrogen) atoms. The molecule has 0 radical (unpaired) electrons. The van der Waals surface area contributed by atoms with Crippen molar-refractivity contribution < 1.29 is 0 Å². The number of likely N-dealkylation sites (tertiary alicyclic amines) is 1. The Morgan fingerprint density at radius 2 is 2.18 bits per heavy atom. The molecule has 3 heteroatoms. The fourth-order valence-corrected chi connectivity index (χ4v) is 3.73. The van der Waals surface area contributed by atoms with E-state index in [-0.39, 0.29) is 0 Å². The normalized spacial score (nSPS) is 30.6. The zero-order valence-corrected chi connectivity index (χ0v) is 11.2. The zero-order valence-electron chi connectivity index (χ0n) is 10.3. The summed E-state index contributed by atoms with van der Waals surface area (Å²) in [5, 5.41) is 4.46. The molecule has 2 fully saturated rings. The number of nitrogens with two attached hydrogens (primary N) is 1. The summed E-state index contributed by atoms with van der Waals surface area (Å²) in [6.45, 7) is 3.69. The van der Waals surface area contributed by atoms with Gasteiger partial charge in [-0.3, -0.25) is 0 Å². The van der Waals surface area contributed by atoms with Crippen LogP contribution in [0, 0.1) is 11.8 Å². The molecule has 94 valence electrons. The molecule has 0 bridgehead atoms. The van der Waals surface area contributed by atoms with Crippen LogP contribution in [0.15, 0.2) is 16.8 Å². The van der Waals surface area contributed by atoms with E-state index < -0.39 is 0 Å². The average molecular weight is 250 g/mol. The third-order valence-electron chi connectivity index (χ3n) is 3.96. The van der Waals surface area contributed by atoms with Crippen molar-refractivity contribution in [2.75, 3.05) is 19.6 Å². The van der Waals surface area contributed by atoms with Crippen LogP contribution in [0.4, 0.5) is 0 Å². The Bertz CT molecular complexity index is 343. The quantitative estimate of drug-likeness (QED) is 0.889. The van der Waals surface area contributed by atoms with Gasteiger partial charge in [-0.2, -0.15) is 11.3 Å². The van der Waals surface area contributed by atoms with Gasteiger partial charge in [-0.15, -0.1) is 0 Å². The summed E-state index contributed by atoms with van der Waals surface area (Å²) in [5.74, 6) is 1.76. The van der Waals surface area contributed by atoms with Gasteiger partial charge in [0.2, 0.25) is 0 Å². The van der Waals surface area contributed by atoms with Gasteiger partial charge >= 0.3 is 0 Å². The molecule has 1 aliphatic heterocycles. The standard InChI is InChI=1S/C14H22N2S/c15-14-6-13(5-12-3-4-17-10-12)8-16(9-14)7-11-1-2-11/h3-4,10-11,13-14H,1-2,5-9,15H2. The molecule has 2 unspecified atom stereocenters. The highest BCUT2D eigenvalue weighted by Gasteiger charge is 2.30. The first-order valence-corrected chi connectivity index (χ1v) is 7.73. The number of nitrogens with zero attached hydrogens (tertiary/aromatic N) is 1. The third-order valence-corrected chi connectivity index (χ3v) is 4.70. The Kier molecular flexibility index (Phi) is 3.50. The lowest BCUT2D eigenvalue weighted by molar-refractivity contribution is 0.150. The maximum Gasteiger partial charge on any atom is 0.0171 e. The molecule has 2 heterocycles. The average Bonchev–Trinajstić information content (AvgIpc) is 2.92. The van der Waals surface area contributed by atoms with E-state index in [0.717, 1.165) is 18.4 Å². The van der Waals surface area contributed by atoms with E-state index in [4.69, 9.17) is 5.73 Å². The number of thiophene rings is 1. The molecule has 1 aromatic rings. The summed E-state index contributed by atoms with van der Waals surface area (Å²) in [4.78, 5) is 2.61. The fraction of sp³-hybridized carbons (Fsp3) is 0.714. The van der Waals surface area contributed by atoms with Crippen molar-refractivity contribution in [3.63, 3.8) is 0 Å². The minimum Gasteiger partial charge on any atom is -0.327 e. The summed E-state index contributed by atoms with van der Waals surface area (Å²) < 4.78 is 0. The smallest absolute Gasteiger partial charge is 0.0171 e. The molecule has 1 saturated heterocycles. The summed E-state index contributed by atoms with van der Waals surface area (Å²) in [6.07, 6.45) is 5.32. The molecule has 2 N–H and O–H groups in total. The predicted molar refractivity (Wildman–Crippen MR) is 73.3 cm³/mol. The van der Waals surface area contributed by atoms with Crippen molar-refractivity contribution in [3.8, 4) is 0 Å². The van der Waals surface area contributed by atoms with E-state index in [1.165, 1.54) is 44.3 Å². The van der Waals surface area contributed by atoms with Gasteiger partial charge in [0.15, 0.2) is 0 Å². The SMILES string of the molecule is NC1CC(Cc2ccsc2)CN(CC2CC2)C1. The van der Waals surface area contributed by atoms with Crippen molar-refractivity contribution in [1.82, 2.24) is 4.90 Å². The van der Waals surface area contributed by atoms with Crippen LogP contribution in [-0.4, -0.2) is 30.6 Å². The topological polar surface area (TPSA) is 29.3 Å². The van der Waals surface area contributed by atoms with Gasteiger partial charge in [-0.1, -0.05) is 0 Å². The number of hydrogen-bond acceptors (Lipinski definition) is 3. The molecule has 2 nitrogen and oxygen atoms in total. The van der Waals surface area contributed by atoms with Gasteiger partial charge in [0.05, 0.1) is 0 Å². The lowest BCUT2D eigenvalue weighted by Gasteiger charge is -2.36. The van der Waals surface area contributed by atoms with E-state index in [1.54, 1.807) is 11.3 Å². The molecule has 2 aliphatic rings. The van der Waals surface area contributed by atoms with Gasteiger partial charge < -0.3 is 10.6 Å². The van der Waals surface area contributed by atoms with Gasteiger partial charge in [-0.05, 0) is 59.9 Å². The van der Waals surface area contributed by atoms with Crippen LogP contribution >= 0.6 is 11.3 Å². The Morgan fingerprint density at radius 3 is 2.88 bits per heavy atom. The van der Waals surface area contributed by atoms with E-state index >= 15 is 0 Å². The van der Waals surface area contributed by atoms with E-state index in [2.05, 4.69) is 21.7 Å². The minimum absolute atomic E-state index is 0.395. The van der Waals surface area contributed by atoms with Crippen molar-refractivity contribution in [2.24, 2.45) is 17.6 Å². The highest BCUT2D eigenvalue weighted by atomic mass is 32.1. The van der Waals surface area contributed by atoms with Crippen LogP contribution in [0.1, 0.15) is 24.8 Å². The molecular weight excluding hydrogens is 228 g/mol. The van der Waals surface area contributed by atoms with Crippen molar-refractivity contribution in [3.05, 3.63) is 22.4 Å². The van der Waals surface area contributed by atoms with E-state index in [1.807, 2.05) is 0 Å². The van der Waals surface area contributed by atoms with Crippen LogP contribution in [0.3, 0.4) is 0 Å². The van der Waals surface area contributed by atoms with Crippen LogP contribution in [0.5, 0.6) is 0 Å². The van der Waals surface area contributed by atoms with Gasteiger partial charge in [0.25, 0.3) is 0 Å². The minimum atomic E-state index is 0.395. The monoisotopic (exact) mass is 250 g/mol. The van der Waals surface area contributed by atoms with Crippen molar-refractivity contribution >= 4 is 11.3 Å². The Hall–Kier alpha value is -0.380. The molecule has 1 saturated carbocycles. The number of rotatable bonds is 4. The second kappa shape index (κ2) is 5.09. The molecule has 0 spiro atoms. The summed E-state index contributed by atoms with van der Waals surface area (Å²) in [7, 11) is 0. The van der Waals surface area contributed by atoms with Gasteiger partial charge in [0.1, 0.15) is 0 Å². The summed E-state index contributed by atoms with van der Waals surface area (Å²) in [6, 6.07) is 2.65. The zero-order chi connectivity index (χ0) is 11.7. The maximum absolute atomic E-state index is 6.20. The molecule has 2 atom stereocenters. The number of hydrogen-bond donors (Lipinski definition) is 1. The first-order chi connectivity index (χ1) is 8.29. The Balaban J connectivity index is 1.56. The number of piperidine rings is 1. The van der Waals surface area contributed by atoms with Gasteiger partial charge in [-0.25, -0.2) is 0 Å². The molecule has 3 rings (SSSR count). The van der Waals surface area contributed by atoms with Crippen LogP contribution in [0.2, 0.25) is 0 Å². The molecule has 1 aromatic heterocycles. The molecule has 0 aromatic carbocycles. The second-order valence-electron chi connectivity index (χ2n) is 5.86. The largest absolute Gasteiger partial charge is 0.327 e. The summed E-state index contributed by atoms with van der Waals surface area (Å²) >= 11 is 1.81. The van der Waals surface area contributed by atoms with E-state index in [9.17, 15) is 0 Å². The second-order valence-corrected chi connectivity index (χ2v) is 6.64. The lowest BCUT2D eigenvalue weighted by Crippen LogP contribution is -2.48. The predicted octanol–water partition coefficient (Wildman–Crippen LogP) is 2.35. The third kappa shape index (κ3) is 3.30. The first kappa shape index (κ1) is 11.7. The lowest BCUT2D eigenvalue weighted by atomic mass is 9.90. The Morgan fingerprint density at radius 1 is 1.29 bits per heavy atom. The van der Waals surface area contributed by atoms with Crippen molar-refractivity contribution in [1.29, 1.82) is 0 Å². The van der Waals surface area contributed by atoms with Gasteiger partial charge in [0, 0.05) is 25.7 Å². The summed E-state index contributed by atoms with van der Waals surface area (Å²) in [5.41, 5.74) is 7.70. The fourth-order valence-electron chi connectivity index (χ4n) is 3.05. The molecular formula is C14H22N2S. The van der Waals surface area contributed by atoms with Crippen LogP contribution in [-0.2, 0) is 6.42 Å².